The molecule has 1 fully saturated rings. The highest BCUT2D eigenvalue weighted by atomic mass is 16.7. The van der Waals surface area contributed by atoms with E-state index in [-0.39, 0.29) is 42.2 Å². The second kappa shape index (κ2) is 14.6. The molecule has 2 aliphatic carbocycles. The van der Waals surface area contributed by atoms with E-state index in [0.29, 0.717) is 25.7 Å². The van der Waals surface area contributed by atoms with Gasteiger partial charge in [-0.2, -0.15) is 0 Å². The van der Waals surface area contributed by atoms with E-state index in [9.17, 15) is 39.9 Å². The quantitative estimate of drug-likeness (QED) is 0.174. The van der Waals surface area contributed by atoms with Crippen molar-refractivity contribution < 1.29 is 59.2 Å². The van der Waals surface area contributed by atoms with Crippen molar-refractivity contribution in [2.45, 2.75) is 122 Å². The van der Waals surface area contributed by atoms with Gasteiger partial charge in [-0.05, 0) is 69.3 Å². The number of carbonyl (C=O) groups excluding carboxylic acids is 2. The number of esters is 2. The van der Waals surface area contributed by atoms with Gasteiger partial charge in [0.1, 0.15) is 24.4 Å². The molecule has 3 aliphatic rings. The molecule has 1 aliphatic heterocycles. The van der Waals surface area contributed by atoms with Gasteiger partial charge in [0.15, 0.2) is 6.10 Å². The van der Waals surface area contributed by atoms with E-state index in [1.807, 2.05) is 20.8 Å². The third-order valence-electron chi connectivity index (χ3n) is 9.13. The normalized spacial score (nSPS) is 35.7. The fraction of sp³-hybridized carbons (Fsp3) is 0.774. The first-order valence-electron chi connectivity index (χ1n) is 15.1. The van der Waals surface area contributed by atoms with Crippen molar-refractivity contribution in [3.8, 4) is 0 Å². The van der Waals surface area contributed by atoms with Gasteiger partial charge in [-0.1, -0.05) is 39.0 Å². The number of aliphatic hydroxyl groups excluding tert-OH is 5. The van der Waals surface area contributed by atoms with E-state index in [4.69, 9.17) is 19.3 Å². The molecule has 12 heteroatoms. The zero-order valence-electron chi connectivity index (χ0n) is 25.5. The van der Waals surface area contributed by atoms with Crippen LogP contribution in [0.4, 0.5) is 0 Å². The number of aliphatic carboxylic acids is 1. The molecule has 0 saturated carbocycles. The lowest BCUT2D eigenvalue weighted by atomic mass is 9.65. The first kappa shape index (κ1) is 35.1. The number of hydrogen-bond acceptors (Lipinski definition) is 11. The minimum absolute atomic E-state index is 0.0228. The Bertz CT molecular complexity index is 1050. The summed E-state index contributed by atoms with van der Waals surface area (Å²) in [6.07, 6.45) is -4.12. The molecule has 6 N–H and O–H groups in total. The molecule has 0 amide bonds. The zero-order chi connectivity index (χ0) is 32.2. The van der Waals surface area contributed by atoms with Gasteiger partial charge >= 0.3 is 17.9 Å². The summed E-state index contributed by atoms with van der Waals surface area (Å²) in [6.45, 7) is 9.90. The van der Waals surface area contributed by atoms with Crippen molar-refractivity contribution in [2.75, 3.05) is 0 Å². The van der Waals surface area contributed by atoms with Crippen LogP contribution in [0.1, 0.15) is 73.1 Å². The minimum atomic E-state index is -1.93. The average Bonchev–Trinajstić information content (AvgIpc) is 2.92. The molecule has 0 aromatic rings. The Hall–Kier alpha value is -2.35. The van der Waals surface area contributed by atoms with Gasteiger partial charge in [0, 0.05) is 5.92 Å². The smallest absolute Gasteiger partial charge is 0.335 e. The fourth-order valence-corrected chi connectivity index (χ4v) is 6.08. The molecule has 1 heterocycles. The molecule has 1 saturated heterocycles. The van der Waals surface area contributed by atoms with Crippen LogP contribution in [-0.4, -0.2) is 97.6 Å². The van der Waals surface area contributed by atoms with Crippen LogP contribution in [0.2, 0.25) is 0 Å². The van der Waals surface area contributed by atoms with Crippen molar-refractivity contribution in [3.63, 3.8) is 0 Å². The van der Waals surface area contributed by atoms with Gasteiger partial charge in [0.2, 0.25) is 6.29 Å². The van der Waals surface area contributed by atoms with Crippen LogP contribution in [0.3, 0.4) is 0 Å². The highest BCUT2D eigenvalue weighted by Gasteiger charge is 2.49. The molecule has 43 heavy (non-hydrogen) atoms. The Morgan fingerprint density at radius 3 is 2.35 bits per heavy atom. The van der Waals surface area contributed by atoms with Crippen molar-refractivity contribution in [1.82, 2.24) is 0 Å². The Morgan fingerprint density at radius 2 is 1.72 bits per heavy atom. The first-order chi connectivity index (χ1) is 20.0. The lowest BCUT2D eigenvalue weighted by Gasteiger charge is -2.44. The van der Waals surface area contributed by atoms with Gasteiger partial charge < -0.3 is 44.8 Å². The van der Waals surface area contributed by atoms with Crippen LogP contribution in [0.15, 0.2) is 23.8 Å². The number of rotatable bonds is 12. The maximum atomic E-state index is 13.0. The van der Waals surface area contributed by atoms with Crippen molar-refractivity contribution in [3.05, 3.63) is 23.8 Å². The van der Waals surface area contributed by atoms with Crippen LogP contribution in [0.25, 0.3) is 0 Å². The first-order valence-corrected chi connectivity index (χ1v) is 15.1. The monoisotopic (exact) mass is 612 g/mol. The third kappa shape index (κ3) is 8.64. The molecule has 5 unspecified atom stereocenters. The van der Waals surface area contributed by atoms with Gasteiger partial charge in [0.25, 0.3) is 0 Å². The van der Waals surface area contributed by atoms with Crippen LogP contribution in [-0.2, 0) is 28.6 Å². The van der Waals surface area contributed by atoms with E-state index in [1.165, 1.54) is 0 Å². The van der Waals surface area contributed by atoms with Crippen LogP contribution in [0, 0.1) is 29.1 Å². The average molecular weight is 613 g/mol. The maximum absolute atomic E-state index is 13.0. The van der Waals surface area contributed by atoms with E-state index in [2.05, 4.69) is 32.1 Å². The topological polar surface area (TPSA) is 200 Å². The van der Waals surface area contributed by atoms with Gasteiger partial charge in [-0.25, -0.2) is 4.79 Å². The molecule has 3 rings (SSSR count). The summed E-state index contributed by atoms with van der Waals surface area (Å²) in [5.74, 6) is -2.43. The predicted molar refractivity (Wildman–Crippen MR) is 152 cm³/mol. The highest BCUT2D eigenvalue weighted by molar-refractivity contribution is 5.76. The minimum Gasteiger partial charge on any atom is -0.479 e. The second-order valence-corrected chi connectivity index (χ2v) is 13.0. The van der Waals surface area contributed by atoms with Crippen molar-refractivity contribution >= 4 is 17.9 Å². The van der Waals surface area contributed by atoms with Gasteiger partial charge in [-0.3, -0.25) is 9.59 Å². The van der Waals surface area contributed by atoms with Crippen LogP contribution < -0.4 is 0 Å². The van der Waals surface area contributed by atoms with E-state index >= 15 is 0 Å². The molecule has 0 spiro atoms. The lowest BCUT2D eigenvalue weighted by Crippen LogP contribution is -2.60. The summed E-state index contributed by atoms with van der Waals surface area (Å²) in [7, 11) is 0. The number of carbonyl (C=O) groups is 3. The number of carboxylic acid groups (broad SMARTS) is 1. The third-order valence-corrected chi connectivity index (χ3v) is 9.13. The summed E-state index contributed by atoms with van der Waals surface area (Å²) in [6, 6.07) is 0. The maximum Gasteiger partial charge on any atom is 0.335 e. The second-order valence-electron chi connectivity index (χ2n) is 13.0. The summed E-state index contributed by atoms with van der Waals surface area (Å²) < 4.78 is 16.0. The summed E-state index contributed by atoms with van der Waals surface area (Å²) in [4.78, 5) is 36.6. The highest BCUT2D eigenvalue weighted by Crippen LogP contribution is 2.45. The zero-order valence-corrected chi connectivity index (χ0v) is 25.5. The molecule has 0 bridgehead atoms. The molecular weight excluding hydrogens is 564 g/mol. The van der Waals surface area contributed by atoms with E-state index in [0.717, 1.165) is 5.57 Å². The predicted octanol–water partition coefficient (Wildman–Crippen LogP) is 1.46. The summed E-state index contributed by atoms with van der Waals surface area (Å²) in [5.41, 5.74) is 0.533. The lowest BCUT2D eigenvalue weighted by molar-refractivity contribution is -0.286. The Labute approximate surface area is 252 Å². The Morgan fingerprint density at radius 1 is 1.05 bits per heavy atom. The number of carboxylic acids is 1. The van der Waals surface area contributed by atoms with Crippen LogP contribution >= 0.6 is 0 Å². The van der Waals surface area contributed by atoms with E-state index < -0.39 is 66.7 Å². The van der Waals surface area contributed by atoms with Crippen molar-refractivity contribution in [2.24, 2.45) is 29.1 Å². The van der Waals surface area contributed by atoms with Gasteiger partial charge in [-0.15, -0.1) is 0 Å². The molecule has 12 nitrogen and oxygen atoms in total. The van der Waals surface area contributed by atoms with Crippen molar-refractivity contribution in [1.29, 1.82) is 0 Å². The summed E-state index contributed by atoms with van der Waals surface area (Å²) >= 11 is 0. The fourth-order valence-electron chi connectivity index (χ4n) is 6.08. The number of aliphatic hydroxyl groups is 5. The molecule has 0 aromatic heterocycles. The molecule has 0 radical (unpaired) electrons. The number of fused-ring (bicyclic) bond motifs is 1. The SMILES string of the molecule is CCC(C)(C)C(=O)O[C@@H]1C[C@H](C)C=C2C=C[C@@H](C)[C@@H](CC[C@H](O)C[C@H](O)CC(=O)OC3OC(C(=O)O)C(O)C(O)C3O)[C@@H]21. The number of ether oxygens (including phenoxy) is 3. The van der Waals surface area contributed by atoms with Gasteiger partial charge in [0.05, 0.1) is 24.0 Å². The number of hydrogen-bond donors (Lipinski definition) is 6. The molecule has 244 valence electrons. The Kier molecular flexibility index (Phi) is 11.9. The molecular formula is C31H48O12. The Balaban J connectivity index is 1.57. The molecule has 12 atom stereocenters. The summed E-state index contributed by atoms with van der Waals surface area (Å²) in [5, 5.41) is 60.0. The largest absolute Gasteiger partial charge is 0.479 e. The standard InChI is InChI=1S/C31H48O12/c1-6-31(4,5)30(40)41-21-12-15(2)11-17-8-7-16(3)20(23(17)21)10-9-18(32)13-19(33)14-22(34)42-29-26(37)24(35)25(36)27(43-29)28(38)39/h7-8,11,15-16,18-21,23-27,29,32-33,35-37H,6,9-10,12-14H2,1-5H3,(H,38,39)/t15-,16-,18+,19+,20-,21-,23-,24?,25?,26?,27?,29?/m1/s1. The van der Waals surface area contributed by atoms with Crippen LogP contribution in [0.5, 0.6) is 0 Å². The van der Waals surface area contributed by atoms with E-state index in [1.54, 1.807) is 0 Å². The number of allylic oxidation sites excluding steroid dienone is 3. The molecule has 0 aromatic carbocycles.